The number of esters is 3. The van der Waals surface area contributed by atoms with Gasteiger partial charge >= 0.3 is 17.9 Å². The van der Waals surface area contributed by atoms with Crippen molar-refractivity contribution in [3.63, 3.8) is 0 Å². The first-order valence-corrected chi connectivity index (χ1v) is 28.4. The lowest BCUT2D eigenvalue weighted by Crippen LogP contribution is -2.30. The number of hydrogen-bond acceptors (Lipinski definition) is 6. The Balaban J connectivity index is 4.51. The maximum absolute atomic E-state index is 12.8. The van der Waals surface area contributed by atoms with Gasteiger partial charge in [-0.15, -0.1) is 0 Å². The van der Waals surface area contributed by atoms with E-state index in [0.29, 0.717) is 19.3 Å². The summed E-state index contributed by atoms with van der Waals surface area (Å²) in [6.45, 7) is 6.42. The predicted octanol–water partition coefficient (Wildman–Crippen LogP) is 19.1. The second kappa shape index (κ2) is 56.7. The minimum atomic E-state index is -0.817. The molecule has 0 aromatic heterocycles. The Labute approximate surface area is 425 Å². The summed E-state index contributed by atoms with van der Waals surface area (Å²) in [7, 11) is 0. The van der Waals surface area contributed by atoms with Crippen LogP contribution in [0.2, 0.25) is 0 Å². The Morgan fingerprint density at radius 1 is 0.304 bits per heavy atom. The van der Waals surface area contributed by atoms with Crippen molar-refractivity contribution in [3.05, 3.63) is 109 Å². The van der Waals surface area contributed by atoms with Gasteiger partial charge in [-0.25, -0.2) is 0 Å². The second-order valence-electron chi connectivity index (χ2n) is 18.5. The Morgan fingerprint density at radius 3 is 0.928 bits per heavy atom. The van der Waals surface area contributed by atoms with Crippen LogP contribution in [0.1, 0.15) is 252 Å². The van der Waals surface area contributed by atoms with Crippen molar-refractivity contribution in [1.82, 2.24) is 0 Å². The summed E-state index contributed by atoms with van der Waals surface area (Å²) in [4.78, 5) is 38.1. The molecule has 0 saturated carbocycles. The third kappa shape index (κ3) is 54.9. The van der Waals surface area contributed by atoms with Gasteiger partial charge in [-0.05, 0) is 122 Å². The molecule has 0 amide bonds. The minimum Gasteiger partial charge on any atom is -0.462 e. The highest BCUT2D eigenvalue weighted by Gasteiger charge is 2.19. The van der Waals surface area contributed by atoms with Crippen molar-refractivity contribution in [2.45, 2.75) is 258 Å². The zero-order valence-corrected chi connectivity index (χ0v) is 44.8. The molecular weight excluding hydrogens is 853 g/mol. The van der Waals surface area contributed by atoms with Crippen molar-refractivity contribution in [1.29, 1.82) is 0 Å². The van der Waals surface area contributed by atoms with Crippen LogP contribution in [0.5, 0.6) is 0 Å². The van der Waals surface area contributed by atoms with E-state index >= 15 is 0 Å². The maximum atomic E-state index is 12.8. The lowest BCUT2D eigenvalue weighted by atomic mass is 10.1. The summed E-state index contributed by atoms with van der Waals surface area (Å²) in [5.41, 5.74) is 0. The van der Waals surface area contributed by atoms with Crippen molar-refractivity contribution in [2.75, 3.05) is 13.2 Å². The van der Waals surface area contributed by atoms with Gasteiger partial charge in [-0.2, -0.15) is 0 Å². The van der Waals surface area contributed by atoms with Gasteiger partial charge in [0.2, 0.25) is 0 Å². The van der Waals surface area contributed by atoms with Crippen LogP contribution in [0.25, 0.3) is 0 Å². The minimum absolute atomic E-state index is 0.109. The normalized spacial score (nSPS) is 12.5. The van der Waals surface area contributed by atoms with Crippen molar-refractivity contribution < 1.29 is 28.6 Å². The summed E-state index contributed by atoms with van der Waals surface area (Å²) < 4.78 is 16.8. The molecule has 69 heavy (non-hydrogen) atoms. The Kier molecular flexibility index (Phi) is 53.4. The van der Waals surface area contributed by atoms with E-state index in [1.54, 1.807) is 0 Å². The fourth-order valence-corrected chi connectivity index (χ4v) is 7.48. The average Bonchev–Trinajstić information content (AvgIpc) is 3.35. The Hall–Kier alpha value is -3.93. The molecule has 0 aliphatic heterocycles. The topological polar surface area (TPSA) is 78.9 Å². The molecule has 0 aliphatic rings. The molecule has 0 spiro atoms. The molecule has 0 rings (SSSR count). The molecule has 0 aliphatic carbocycles. The standard InChI is InChI=1S/C63H104O6/c1-4-7-10-13-16-19-22-25-28-31-34-37-40-43-46-49-52-55-61(64)67-58-60(69-63(66)57-54-51-48-45-42-39-36-33-30-27-24-21-18-15-12-9-6-3)59-68-62(65)56-53-50-47-44-41-38-35-32-29-26-23-20-17-14-11-8-5-2/h9,12,16-21,25-30,36,39,45,48,60H,4-8,10-11,13-15,22-24,31-35,37-38,40-44,46-47,49-59H2,1-3H3/b12-9-,19-16-,20-17-,21-18-,28-25-,29-26-,30-27-,39-36-,48-45-. The summed E-state index contributed by atoms with van der Waals surface area (Å²) >= 11 is 0. The number of carbonyl (C=O) groups excluding carboxylic acids is 3. The van der Waals surface area contributed by atoms with E-state index in [0.717, 1.165) is 103 Å². The van der Waals surface area contributed by atoms with Gasteiger partial charge < -0.3 is 14.2 Å². The molecule has 392 valence electrons. The summed E-state index contributed by atoms with van der Waals surface area (Å²) in [6, 6.07) is 0. The van der Waals surface area contributed by atoms with E-state index in [1.807, 2.05) is 0 Å². The number of rotatable bonds is 50. The fourth-order valence-electron chi connectivity index (χ4n) is 7.48. The second-order valence-corrected chi connectivity index (χ2v) is 18.5. The van der Waals surface area contributed by atoms with Gasteiger partial charge in [0, 0.05) is 19.3 Å². The molecular formula is C63H104O6. The molecule has 0 aromatic rings. The first-order valence-electron chi connectivity index (χ1n) is 28.4. The highest BCUT2D eigenvalue weighted by atomic mass is 16.6. The van der Waals surface area contributed by atoms with Gasteiger partial charge in [0.25, 0.3) is 0 Å². The molecule has 0 N–H and O–H groups in total. The number of ether oxygens (including phenoxy) is 3. The third-order valence-electron chi connectivity index (χ3n) is 11.7. The van der Waals surface area contributed by atoms with Gasteiger partial charge in [0.1, 0.15) is 13.2 Å². The maximum Gasteiger partial charge on any atom is 0.306 e. The quantitative estimate of drug-likeness (QED) is 0.0262. The summed E-state index contributed by atoms with van der Waals surface area (Å²) in [6.07, 6.45) is 76.5. The SMILES string of the molecule is CC/C=C\C/C=C\C/C=C\C/C=C\C/C=C\CCCC(=O)OC(COC(=O)CCCCCCCCC/C=C\C/C=C\CCCCC)COC(=O)CCCCCCCCC/C=C\C/C=C\CCCCC. The molecule has 0 unspecified atom stereocenters. The third-order valence-corrected chi connectivity index (χ3v) is 11.7. The summed E-state index contributed by atoms with van der Waals surface area (Å²) in [5.74, 6) is -0.983. The van der Waals surface area contributed by atoms with E-state index in [1.165, 1.54) is 103 Å². The Morgan fingerprint density at radius 2 is 0.580 bits per heavy atom. The van der Waals surface area contributed by atoms with Crippen LogP contribution in [0.3, 0.4) is 0 Å². The lowest BCUT2D eigenvalue weighted by molar-refractivity contribution is -0.167. The van der Waals surface area contributed by atoms with E-state index in [-0.39, 0.29) is 37.5 Å². The highest BCUT2D eigenvalue weighted by Crippen LogP contribution is 2.14. The Bertz CT molecular complexity index is 1360. The van der Waals surface area contributed by atoms with E-state index in [2.05, 4.69) is 130 Å². The van der Waals surface area contributed by atoms with Gasteiger partial charge in [-0.1, -0.05) is 220 Å². The first-order chi connectivity index (χ1) is 34.0. The van der Waals surface area contributed by atoms with E-state index in [4.69, 9.17) is 14.2 Å². The van der Waals surface area contributed by atoms with Crippen LogP contribution in [0.15, 0.2) is 109 Å². The van der Waals surface area contributed by atoms with Crippen LogP contribution < -0.4 is 0 Å². The molecule has 0 aromatic carbocycles. The fraction of sp³-hybridized carbons (Fsp3) is 0.667. The van der Waals surface area contributed by atoms with E-state index in [9.17, 15) is 14.4 Å². The average molecular weight is 958 g/mol. The molecule has 0 atom stereocenters. The number of hydrogen-bond donors (Lipinski definition) is 0. The van der Waals surface area contributed by atoms with Crippen molar-refractivity contribution in [3.8, 4) is 0 Å². The van der Waals surface area contributed by atoms with Crippen LogP contribution in [-0.2, 0) is 28.6 Å². The smallest absolute Gasteiger partial charge is 0.306 e. The lowest BCUT2D eigenvalue weighted by Gasteiger charge is -2.18. The van der Waals surface area contributed by atoms with Crippen molar-refractivity contribution >= 4 is 17.9 Å². The van der Waals surface area contributed by atoms with E-state index < -0.39 is 6.10 Å². The zero-order valence-electron chi connectivity index (χ0n) is 44.8. The van der Waals surface area contributed by atoms with Gasteiger partial charge in [0.05, 0.1) is 0 Å². The monoisotopic (exact) mass is 957 g/mol. The van der Waals surface area contributed by atoms with Gasteiger partial charge in [-0.3, -0.25) is 14.4 Å². The molecule has 0 radical (unpaired) electrons. The van der Waals surface area contributed by atoms with Crippen molar-refractivity contribution in [2.24, 2.45) is 0 Å². The van der Waals surface area contributed by atoms with Crippen LogP contribution in [0.4, 0.5) is 0 Å². The molecule has 0 bridgehead atoms. The summed E-state index contributed by atoms with van der Waals surface area (Å²) in [5, 5.41) is 0. The van der Waals surface area contributed by atoms with Crippen LogP contribution in [-0.4, -0.2) is 37.2 Å². The number of allylic oxidation sites excluding steroid dienone is 18. The molecule has 0 saturated heterocycles. The molecule has 0 fully saturated rings. The molecule has 6 nitrogen and oxygen atoms in total. The number of carbonyl (C=O) groups is 3. The predicted molar refractivity (Wildman–Crippen MR) is 297 cm³/mol. The van der Waals surface area contributed by atoms with Crippen LogP contribution in [0, 0.1) is 0 Å². The molecule has 0 heterocycles. The zero-order chi connectivity index (χ0) is 50.0. The molecule has 6 heteroatoms. The first kappa shape index (κ1) is 65.1. The highest BCUT2D eigenvalue weighted by molar-refractivity contribution is 5.71. The number of unbranched alkanes of at least 4 members (excludes halogenated alkanes) is 21. The largest absolute Gasteiger partial charge is 0.462 e. The van der Waals surface area contributed by atoms with Crippen LogP contribution >= 0.6 is 0 Å². The van der Waals surface area contributed by atoms with Gasteiger partial charge in [0.15, 0.2) is 6.10 Å².